The number of carbonyl (C=O) groups excluding carboxylic acids is 1. The van der Waals surface area contributed by atoms with Crippen LogP contribution in [0.1, 0.15) is 31.2 Å². The summed E-state index contributed by atoms with van der Waals surface area (Å²) in [5, 5.41) is 13.6. The van der Waals surface area contributed by atoms with Crippen molar-refractivity contribution in [1.29, 1.82) is 0 Å². The average molecular weight is 574 g/mol. The molecule has 0 aromatic heterocycles. The molecule has 0 saturated carbocycles. The SMILES string of the molecule is COc1ccc(S(=O)(=O)N2C[C@@H](O)COC[C@H]3O[C@H](CC(=O)N[C@@H]4CCN(Cc5ccccc5)C4)CC[C@@H]32)cc1. The third-order valence-electron chi connectivity index (χ3n) is 7.90. The van der Waals surface area contributed by atoms with Crippen LogP contribution in [-0.2, 0) is 30.8 Å². The molecule has 0 unspecified atom stereocenters. The molecule has 10 nitrogen and oxygen atoms in total. The number of benzene rings is 2. The van der Waals surface area contributed by atoms with E-state index in [-0.39, 0.29) is 49.1 Å². The van der Waals surface area contributed by atoms with Crippen molar-refractivity contribution in [3.05, 3.63) is 60.2 Å². The fraction of sp³-hybridized carbons (Fsp3) is 0.552. The Hall–Kier alpha value is -2.54. The number of ether oxygens (including phenoxy) is 3. The van der Waals surface area contributed by atoms with E-state index < -0.39 is 28.3 Å². The predicted octanol–water partition coefficient (Wildman–Crippen LogP) is 1.77. The van der Waals surface area contributed by atoms with Gasteiger partial charge < -0.3 is 24.6 Å². The Kier molecular flexibility index (Phi) is 9.39. The summed E-state index contributed by atoms with van der Waals surface area (Å²) in [6, 6.07) is 16.1. The molecule has 2 aromatic carbocycles. The number of carbonyl (C=O) groups is 1. The molecule has 1 amide bonds. The van der Waals surface area contributed by atoms with E-state index >= 15 is 0 Å². The molecule has 3 saturated heterocycles. The Morgan fingerprint density at radius 3 is 2.58 bits per heavy atom. The molecule has 3 heterocycles. The highest BCUT2D eigenvalue weighted by atomic mass is 32.2. The van der Waals surface area contributed by atoms with Crippen LogP contribution in [0, 0.1) is 0 Å². The lowest BCUT2D eigenvalue weighted by atomic mass is 9.96. The highest BCUT2D eigenvalue weighted by Gasteiger charge is 2.43. The minimum Gasteiger partial charge on any atom is -0.497 e. The summed E-state index contributed by atoms with van der Waals surface area (Å²) in [7, 11) is -2.39. The van der Waals surface area contributed by atoms with Crippen molar-refractivity contribution >= 4 is 15.9 Å². The van der Waals surface area contributed by atoms with Gasteiger partial charge in [0.25, 0.3) is 0 Å². The molecular formula is C29H39N3O7S. The van der Waals surface area contributed by atoms with E-state index in [0.717, 1.165) is 26.1 Å². The van der Waals surface area contributed by atoms with Crippen LogP contribution in [0.4, 0.5) is 0 Å². The van der Waals surface area contributed by atoms with E-state index in [2.05, 4.69) is 22.3 Å². The lowest BCUT2D eigenvalue weighted by molar-refractivity contribution is -0.146. The van der Waals surface area contributed by atoms with Gasteiger partial charge in [0.2, 0.25) is 15.9 Å². The molecule has 40 heavy (non-hydrogen) atoms. The van der Waals surface area contributed by atoms with E-state index in [1.54, 1.807) is 12.1 Å². The number of methoxy groups -OCH3 is 1. The number of fused-ring (bicyclic) bond motifs is 1. The summed E-state index contributed by atoms with van der Waals surface area (Å²) in [5.41, 5.74) is 1.26. The fourth-order valence-electron chi connectivity index (χ4n) is 5.88. The van der Waals surface area contributed by atoms with Crippen LogP contribution >= 0.6 is 0 Å². The molecule has 218 valence electrons. The van der Waals surface area contributed by atoms with E-state index in [1.807, 2.05) is 18.2 Å². The maximum atomic E-state index is 13.7. The molecule has 2 N–H and O–H groups in total. The Bertz CT molecular complexity index is 1230. The molecule has 3 fully saturated rings. The van der Waals surface area contributed by atoms with Crippen molar-refractivity contribution in [3.63, 3.8) is 0 Å². The Morgan fingerprint density at radius 1 is 1.05 bits per heavy atom. The highest BCUT2D eigenvalue weighted by molar-refractivity contribution is 7.89. The first kappa shape index (κ1) is 29.0. The predicted molar refractivity (Wildman–Crippen MR) is 148 cm³/mol. The van der Waals surface area contributed by atoms with Crippen LogP contribution < -0.4 is 10.1 Å². The zero-order valence-corrected chi connectivity index (χ0v) is 23.7. The standard InChI is InChI=1S/C29H39N3O7S/c1-37-24-7-10-26(11-8-24)40(35,36)32-18-23(33)19-38-20-28-27(32)12-9-25(39-28)15-29(34)30-22-13-14-31(17-22)16-21-5-3-2-4-6-21/h2-8,10-11,22-23,25,27-28,33H,9,12-20H2,1H3,(H,30,34)/t22-,23-,25+,27+,28-/m1/s1. The van der Waals surface area contributed by atoms with E-state index in [4.69, 9.17) is 14.2 Å². The molecule has 3 aliphatic rings. The lowest BCUT2D eigenvalue weighted by Crippen LogP contribution is -2.57. The minimum absolute atomic E-state index is 0.00747. The summed E-state index contributed by atoms with van der Waals surface area (Å²) in [4.78, 5) is 15.4. The molecule has 0 bridgehead atoms. The van der Waals surface area contributed by atoms with Gasteiger partial charge in [0.1, 0.15) is 5.75 Å². The fourth-order valence-corrected chi connectivity index (χ4v) is 7.60. The van der Waals surface area contributed by atoms with Crippen molar-refractivity contribution in [2.45, 2.75) is 67.5 Å². The number of aliphatic hydroxyl groups excluding tert-OH is 1. The van der Waals surface area contributed by atoms with Crippen molar-refractivity contribution in [2.75, 3.05) is 40.0 Å². The lowest BCUT2D eigenvalue weighted by Gasteiger charge is -2.43. The van der Waals surface area contributed by atoms with Crippen molar-refractivity contribution in [1.82, 2.24) is 14.5 Å². The van der Waals surface area contributed by atoms with E-state index in [0.29, 0.717) is 18.6 Å². The van der Waals surface area contributed by atoms with Crippen LogP contribution in [0.15, 0.2) is 59.5 Å². The minimum atomic E-state index is -3.92. The quantitative estimate of drug-likeness (QED) is 0.491. The van der Waals surface area contributed by atoms with Crippen LogP contribution in [0.3, 0.4) is 0 Å². The van der Waals surface area contributed by atoms with E-state index in [9.17, 15) is 18.3 Å². The zero-order chi connectivity index (χ0) is 28.1. The summed E-state index contributed by atoms with van der Waals surface area (Å²) >= 11 is 0. The van der Waals surface area contributed by atoms with Crippen molar-refractivity contribution < 1.29 is 32.5 Å². The van der Waals surface area contributed by atoms with Gasteiger partial charge in [-0.15, -0.1) is 0 Å². The summed E-state index contributed by atoms with van der Waals surface area (Å²) in [6.45, 7) is 2.67. The van der Waals surface area contributed by atoms with Crippen LogP contribution in [0.2, 0.25) is 0 Å². The Labute approximate surface area is 236 Å². The van der Waals surface area contributed by atoms with Crippen LogP contribution in [0.25, 0.3) is 0 Å². The first-order valence-corrected chi connectivity index (χ1v) is 15.4. The molecular weight excluding hydrogens is 534 g/mol. The molecule has 0 radical (unpaired) electrons. The highest BCUT2D eigenvalue weighted by Crippen LogP contribution is 2.32. The third-order valence-corrected chi connectivity index (χ3v) is 9.80. The van der Waals surface area contributed by atoms with E-state index in [1.165, 1.54) is 29.1 Å². The largest absolute Gasteiger partial charge is 0.497 e. The second kappa shape index (κ2) is 13.0. The summed E-state index contributed by atoms with van der Waals surface area (Å²) in [6.07, 6.45) is 0.328. The number of amides is 1. The van der Waals surface area contributed by atoms with Crippen molar-refractivity contribution in [3.8, 4) is 5.75 Å². The number of sulfonamides is 1. The second-order valence-electron chi connectivity index (χ2n) is 10.9. The van der Waals surface area contributed by atoms with Crippen LogP contribution in [-0.4, -0.2) is 99.0 Å². The Balaban J connectivity index is 1.18. The van der Waals surface area contributed by atoms with Gasteiger partial charge in [-0.1, -0.05) is 30.3 Å². The van der Waals surface area contributed by atoms with Crippen LogP contribution in [0.5, 0.6) is 5.75 Å². The maximum absolute atomic E-state index is 13.7. The van der Waals surface area contributed by atoms with Gasteiger partial charge in [-0.3, -0.25) is 9.69 Å². The monoisotopic (exact) mass is 573 g/mol. The molecule has 0 spiro atoms. The van der Waals surface area contributed by atoms with Gasteiger partial charge in [-0.05, 0) is 49.1 Å². The smallest absolute Gasteiger partial charge is 0.243 e. The van der Waals surface area contributed by atoms with Crippen molar-refractivity contribution in [2.24, 2.45) is 0 Å². The molecule has 3 aliphatic heterocycles. The number of hydrogen-bond donors (Lipinski definition) is 2. The van der Waals surface area contributed by atoms with Gasteiger partial charge in [0.05, 0.1) is 56.0 Å². The Morgan fingerprint density at radius 2 is 1.82 bits per heavy atom. The average Bonchev–Trinajstić information content (AvgIpc) is 3.37. The number of β-amino-alcohol motifs (C(OH)–C–C–N with tert-alkyl or cyclic N) is 1. The number of aliphatic hydroxyl groups is 1. The molecule has 2 aromatic rings. The number of likely N-dealkylation sites (tertiary alicyclic amines) is 1. The summed E-state index contributed by atoms with van der Waals surface area (Å²) in [5.74, 6) is 0.501. The zero-order valence-electron chi connectivity index (χ0n) is 22.9. The number of nitrogens with one attached hydrogen (secondary N) is 1. The first-order valence-electron chi connectivity index (χ1n) is 13.9. The maximum Gasteiger partial charge on any atom is 0.243 e. The molecule has 5 atom stereocenters. The third kappa shape index (κ3) is 7.02. The van der Waals surface area contributed by atoms with Gasteiger partial charge in [0.15, 0.2) is 0 Å². The molecule has 11 heteroatoms. The second-order valence-corrected chi connectivity index (χ2v) is 12.8. The van der Waals surface area contributed by atoms with Gasteiger partial charge >= 0.3 is 0 Å². The summed E-state index contributed by atoms with van der Waals surface area (Å²) < 4.78 is 45.8. The van der Waals surface area contributed by atoms with Gasteiger partial charge in [0, 0.05) is 32.2 Å². The van der Waals surface area contributed by atoms with Gasteiger partial charge in [-0.2, -0.15) is 4.31 Å². The normalized spacial score (nSPS) is 28.3. The number of hydrogen-bond acceptors (Lipinski definition) is 8. The molecule has 0 aliphatic carbocycles. The first-order chi connectivity index (χ1) is 19.3. The molecule has 5 rings (SSSR count). The number of rotatable bonds is 8. The number of nitrogens with zero attached hydrogens (tertiary/aromatic N) is 2. The van der Waals surface area contributed by atoms with Gasteiger partial charge in [-0.25, -0.2) is 8.42 Å². The topological polar surface area (TPSA) is 118 Å².